The molecule has 0 spiro atoms. The lowest BCUT2D eigenvalue weighted by Gasteiger charge is -2.16. The first-order valence-electron chi connectivity index (χ1n) is 5.70. The summed E-state index contributed by atoms with van der Waals surface area (Å²) in [5, 5.41) is 3.10. The first kappa shape index (κ1) is 12.2. The highest BCUT2D eigenvalue weighted by molar-refractivity contribution is 9.11. The molecule has 2 nitrogen and oxygen atoms in total. The van der Waals surface area contributed by atoms with Gasteiger partial charge in [0, 0.05) is 29.7 Å². The minimum atomic E-state index is 0.878. The Balaban J connectivity index is 2.14. The minimum absolute atomic E-state index is 0.878. The second-order valence-corrected chi connectivity index (χ2v) is 4.97. The number of nitrogens with one attached hydrogen (secondary N) is 1. The third-order valence-electron chi connectivity index (χ3n) is 2.81. The fourth-order valence-corrected chi connectivity index (χ4v) is 2.17. The molecule has 2 rings (SSSR count). The van der Waals surface area contributed by atoms with Crippen molar-refractivity contribution in [3.8, 4) is 5.75 Å². The number of anilines is 1. The Morgan fingerprint density at radius 1 is 1.29 bits per heavy atom. The van der Waals surface area contributed by atoms with Crippen LogP contribution in [0.5, 0.6) is 5.75 Å². The van der Waals surface area contributed by atoms with Crippen LogP contribution in [0.25, 0.3) is 0 Å². The van der Waals surface area contributed by atoms with E-state index >= 15 is 0 Å². The summed E-state index contributed by atoms with van der Waals surface area (Å²) in [6.07, 6.45) is 4.08. The van der Waals surface area contributed by atoms with Gasteiger partial charge in [0.05, 0.1) is 0 Å². The zero-order valence-electron chi connectivity index (χ0n) is 10.1. The van der Waals surface area contributed by atoms with Gasteiger partial charge in [0.15, 0.2) is 0 Å². The summed E-state index contributed by atoms with van der Waals surface area (Å²) in [5.41, 5.74) is 2.44. The van der Waals surface area contributed by atoms with Crippen molar-refractivity contribution in [2.45, 2.75) is 19.8 Å². The molecule has 1 aliphatic rings. The van der Waals surface area contributed by atoms with Gasteiger partial charge in [0.1, 0.15) is 11.5 Å². The summed E-state index contributed by atoms with van der Waals surface area (Å²) in [4.78, 5) is 0. The van der Waals surface area contributed by atoms with Crippen LogP contribution in [0.2, 0.25) is 0 Å². The number of allylic oxidation sites excluding steroid dienone is 4. The van der Waals surface area contributed by atoms with Crippen LogP contribution in [0.15, 0.2) is 46.2 Å². The third-order valence-corrected chi connectivity index (χ3v) is 3.72. The molecule has 0 saturated carbocycles. The van der Waals surface area contributed by atoms with Gasteiger partial charge in [-0.1, -0.05) is 27.6 Å². The number of ether oxygens (including phenoxy) is 1. The Bertz CT molecular complexity index is 477. The van der Waals surface area contributed by atoms with E-state index in [1.54, 1.807) is 0 Å². The second-order valence-electron chi connectivity index (χ2n) is 4.12. The highest BCUT2D eigenvalue weighted by atomic mass is 79.9. The number of benzene rings is 1. The van der Waals surface area contributed by atoms with Crippen molar-refractivity contribution in [1.29, 1.82) is 0 Å². The lowest BCUT2D eigenvalue weighted by atomic mass is 10.1. The SMILES string of the molecule is CNc1cccc(OC2=CC(Br)=C(C)CC2)c1. The summed E-state index contributed by atoms with van der Waals surface area (Å²) in [5.74, 6) is 1.89. The molecule has 1 aromatic rings. The van der Waals surface area contributed by atoms with Crippen molar-refractivity contribution in [3.63, 3.8) is 0 Å². The number of halogens is 1. The maximum atomic E-state index is 5.87. The van der Waals surface area contributed by atoms with Gasteiger partial charge in [-0.05, 0) is 31.6 Å². The highest BCUT2D eigenvalue weighted by Crippen LogP contribution is 2.29. The largest absolute Gasteiger partial charge is 0.462 e. The molecule has 90 valence electrons. The van der Waals surface area contributed by atoms with E-state index in [-0.39, 0.29) is 0 Å². The zero-order chi connectivity index (χ0) is 12.3. The molecule has 0 fully saturated rings. The molecular weight excluding hydrogens is 278 g/mol. The van der Waals surface area contributed by atoms with Crippen LogP contribution in [0.4, 0.5) is 5.69 Å². The molecule has 0 unspecified atom stereocenters. The van der Waals surface area contributed by atoms with E-state index in [9.17, 15) is 0 Å². The summed E-state index contributed by atoms with van der Waals surface area (Å²) in [6, 6.07) is 7.98. The second kappa shape index (κ2) is 5.41. The Kier molecular flexibility index (Phi) is 3.89. The van der Waals surface area contributed by atoms with Gasteiger partial charge in [-0.2, -0.15) is 0 Å². The molecule has 1 N–H and O–H groups in total. The standard InChI is InChI=1S/C14H16BrNO/c1-10-6-7-13(9-14(10)15)17-12-5-3-4-11(8-12)16-2/h3-5,8-9,16H,6-7H2,1-2H3. The quantitative estimate of drug-likeness (QED) is 0.889. The molecule has 0 heterocycles. The number of rotatable bonds is 3. The maximum absolute atomic E-state index is 5.87. The molecule has 0 bridgehead atoms. The van der Waals surface area contributed by atoms with Crippen LogP contribution in [0, 0.1) is 0 Å². The molecule has 0 radical (unpaired) electrons. The van der Waals surface area contributed by atoms with Crippen LogP contribution < -0.4 is 10.1 Å². The van der Waals surface area contributed by atoms with Crippen LogP contribution >= 0.6 is 15.9 Å². The van der Waals surface area contributed by atoms with Crippen molar-refractivity contribution in [1.82, 2.24) is 0 Å². The average Bonchev–Trinajstić information content (AvgIpc) is 2.34. The molecule has 0 saturated heterocycles. The number of hydrogen-bond acceptors (Lipinski definition) is 2. The smallest absolute Gasteiger partial charge is 0.128 e. The Morgan fingerprint density at radius 3 is 2.82 bits per heavy atom. The van der Waals surface area contributed by atoms with E-state index in [4.69, 9.17) is 4.74 Å². The minimum Gasteiger partial charge on any atom is -0.462 e. The third kappa shape index (κ3) is 3.13. The molecular formula is C14H16BrNO. The molecule has 3 heteroatoms. The lowest BCUT2D eigenvalue weighted by Crippen LogP contribution is -2.01. The highest BCUT2D eigenvalue weighted by Gasteiger charge is 2.10. The summed E-state index contributed by atoms with van der Waals surface area (Å²) in [7, 11) is 1.90. The lowest BCUT2D eigenvalue weighted by molar-refractivity contribution is 0.401. The zero-order valence-corrected chi connectivity index (χ0v) is 11.7. The predicted molar refractivity (Wildman–Crippen MR) is 75.6 cm³/mol. The molecule has 0 aliphatic heterocycles. The summed E-state index contributed by atoms with van der Waals surface area (Å²) < 4.78 is 7.02. The Hall–Kier alpha value is -1.22. The van der Waals surface area contributed by atoms with Gasteiger partial charge in [-0.25, -0.2) is 0 Å². The first-order valence-corrected chi connectivity index (χ1v) is 6.50. The van der Waals surface area contributed by atoms with E-state index in [2.05, 4.69) is 34.2 Å². The van der Waals surface area contributed by atoms with E-state index in [0.717, 1.165) is 34.5 Å². The number of hydrogen-bond donors (Lipinski definition) is 1. The van der Waals surface area contributed by atoms with Crippen molar-refractivity contribution in [3.05, 3.63) is 46.2 Å². The van der Waals surface area contributed by atoms with E-state index < -0.39 is 0 Å². The topological polar surface area (TPSA) is 21.3 Å². The van der Waals surface area contributed by atoms with Crippen molar-refractivity contribution in [2.24, 2.45) is 0 Å². The monoisotopic (exact) mass is 293 g/mol. The molecule has 0 amide bonds. The van der Waals surface area contributed by atoms with Gasteiger partial charge in [-0.15, -0.1) is 0 Å². The van der Waals surface area contributed by atoms with Crippen LogP contribution in [0.1, 0.15) is 19.8 Å². The Morgan fingerprint density at radius 2 is 2.12 bits per heavy atom. The molecule has 0 atom stereocenters. The van der Waals surface area contributed by atoms with Crippen molar-refractivity contribution in [2.75, 3.05) is 12.4 Å². The Labute approximate surface area is 110 Å². The van der Waals surface area contributed by atoms with Crippen molar-refractivity contribution >= 4 is 21.6 Å². The normalized spacial score (nSPS) is 15.6. The van der Waals surface area contributed by atoms with Gasteiger partial charge < -0.3 is 10.1 Å². The van der Waals surface area contributed by atoms with E-state index in [0.29, 0.717) is 0 Å². The average molecular weight is 294 g/mol. The molecule has 1 aliphatic carbocycles. The van der Waals surface area contributed by atoms with Crippen molar-refractivity contribution < 1.29 is 4.74 Å². The summed E-state index contributed by atoms with van der Waals surface area (Å²) >= 11 is 3.55. The van der Waals surface area contributed by atoms with Gasteiger partial charge >= 0.3 is 0 Å². The van der Waals surface area contributed by atoms with Crippen LogP contribution in [0.3, 0.4) is 0 Å². The molecule has 17 heavy (non-hydrogen) atoms. The van der Waals surface area contributed by atoms with Crippen LogP contribution in [-0.2, 0) is 0 Å². The van der Waals surface area contributed by atoms with Gasteiger partial charge in [0.25, 0.3) is 0 Å². The van der Waals surface area contributed by atoms with Gasteiger partial charge in [0.2, 0.25) is 0 Å². The molecule has 0 aromatic heterocycles. The summed E-state index contributed by atoms with van der Waals surface area (Å²) in [6.45, 7) is 2.14. The fraction of sp³-hybridized carbons (Fsp3) is 0.286. The van der Waals surface area contributed by atoms with Gasteiger partial charge in [-0.3, -0.25) is 0 Å². The maximum Gasteiger partial charge on any atom is 0.128 e. The predicted octanol–water partition coefficient (Wildman–Crippen LogP) is 4.45. The first-order chi connectivity index (χ1) is 8.19. The van der Waals surface area contributed by atoms with E-state index in [1.807, 2.05) is 31.3 Å². The van der Waals surface area contributed by atoms with Crippen LogP contribution in [-0.4, -0.2) is 7.05 Å². The fourth-order valence-electron chi connectivity index (χ4n) is 1.71. The van der Waals surface area contributed by atoms with E-state index in [1.165, 1.54) is 5.57 Å². The molecule has 1 aromatic carbocycles.